The normalized spacial score (nSPS) is 14.6. The van der Waals surface area contributed by atoms with Gasteiger partial charge >= 0.3 is 6.09 Å². The van der Waals surface area contributed by atoms with E-state index >= 15 is 0 Å². The van der Waals surface area contributed by atoms with Crippen LogP contribution in [0.15, 0.2) is 18.2 Å². The van der Waals surface area contributed by atoms with Gasteiger partial charge in [-0.05, 0) is 64.7 Å². The third-order valence-corrected chi connectivity index (χ3v) is 6.09. The molecule has 0 aliphatic carbocycles. The fraction of sp³-hybridized carbons (Fsp3) is 0.643. The second-order valence-electron chi connectivity index (χ2n) is 10.3. The lowest BCUT2D eigenvalue weighted by Crippen LogP contribution is -2.45. The highest BCUT2D eigenvalue weighted by Crippen LogP contribution is 2.22. The molecule has 37 heavy (non-hydrogen) atoms. The number of ether oxygens (including phenoxy) is 3. The van der Waals surface area contributed by atoms with Crippen molar-refractivity contribution in [2.75, 3.05) is 58.8 Å². The first kappa shape index (κ1) is 30.3. The number of hydrogen-bond acceptors (Lipinski definition) is 7. The van der Waals surface area contributed by atoms with E-state index in [1.807, 2.05) is 20.8 Å². The molecule has 0 bridgehead atoms. The Morgan fingerprint density at radius 1 is 1.19 bits per heavy atom. The Morgan fingerprint density at radius 2 is 1.92 bits per heavy atom. The first-order chi connectivity index (χ1) is 17.6. The maximum Gasteiger partial charge on any atom is 0.410 e. The van der Waals surface area contributed by atoms with Crippen molar-refractivity contribution in [2.24, 2.45) is 0 Å². The van der Waals surface area contributed by atoms with Crippen molar-refractivity contribution in [3.05, 3.63) is 23.8 Å². The van der Waals surface area contributed by atoms with E-state index < -0.39 is 5.60 Å². The molecule has 0 saturated carbocycles. The zero-order valence-electron chi connectivity index (χ0n) is 22.9. The number of unbranched alkanes of at least 4 members (excludes halogenated alkanes) is 1. The molecule has 0 radical (unpaired) electrons. The summed E-state index contributed by atoms with van der Waals surface area (Å²) in [6.45, 7) is 10.5. The number of nitrogen functional groups attached to an aromatic ring is 1. The summed E-state index contributed by atoms with van der Waals surface area (Å²) in [5.41, 5.74) is 6.36. The first-order valence-electron chi connectivity index (χ1n) is 13.1. The van der Waals surface area contributed by atoms with Crippen LogP contribution in [0, 0.1) is 12.3 Å². The number of anilines is 1. The van der Waals surface area contributed by atoms with Crippen LogP contribution in [-0.2, 0) is 9.47 Å². The number of nitrogens with two attached hydrogens (primary N) is 1. The number of carbonyl (C=O) groups excluding carboxylic acids is 2. The van der Waals surface area contributed by atoms with Crippen LogP contribution in [0.5, 0.6) is 5.75 Å². The second kappa shape index (κ2) is 15.3. The minimum Gasteiger partial charge on any atom is -0.495 e. The van der Waals surface area contributed by atoms with E-state index in [0.29, 0.717) is 49.7 Å². The molecule has 1 fully saturated rings. The molecule has 206 valence electrons. The number of rotatable bonds is 13. The van der Waals surface area contributed by atoms with E-state index in [1.54, 1.807) is 23.1 Å². The lowest BCUT2D eigenvalue weighted by molar-refractivity contribution is 0.0168. The molecular formula is C28H44N4O5. The zero-order valence-corrected chi connectivity index (χ0v) is 22.9. The minimum atomic E-state index is -0.539. The number of likely N-dealkylation sites (tertiary alicyclic amines) is 1. The summed E-state index contributed by atoms with van der Waals surface area (Å²) >= 11 is 0. The predicted molar refractivity (Wildman–Crippen MR) is 146 cm³/mol. The molecule has 0 atom stereocenters. The lowest BCUT2D eigenvalue weighted by atomic mass is 10.0. The fourth-order valence-corrected chi connectivity index (χ4v) is 4.08. The largest absolute Gasteiger partial charge is 0.495 e. The summed E-state index contributed by atoms with van der Waals surface area (Å²) in [4.78, 5) is 29.1. The molecule has 9 heteroatoms. The maximum absolute atomic E-state index is 12.6. The maximum atomic E-state index is 12.6. The van der Waals surface area contributed by atoms with Crippen LogP contribution in [0.3, 0.4) is 0 Å². The summed E-state index contributed by atoms with van der Waals surface area (Å²) < 4.78 is 16.5. The molecule has 1 aliphatic rings. The Hall–Kier alpha value is -2.96. The number of amides is 2. The quantitative estimate of drug-likeness (QED) is 0.235. The average molecular weight is 517 g/mol. The zero-order chi connectivity index (χ0) is 27.3. The summed E-state index contributed by atoms with van der Waals surface area (Å²) in [6.07, 6.45) is 9.08. The van der Waals surface area contributed by atoms with Crippen LogP contribution < -0.4 is 15.8 Å². The van der Waals surface area contributed by atoms with Gasteiger partial charge in [-0.25, -0.2) is 4.79 Å². The van der Waals surface area contributed by atoms with Crippen molar-refractivity contribution in [3.8, 4) is 18.1 Å². The molecule has 3 N–H and O–H groups in total. The second-order valence-corrected chi connectivity index (χ2v) is 10.3. The highest BCUT2D eigenvalue weighted by molar-refractivity contribution is 5.95. The molecule has 1 aromatic rings. The smallest absolute Gasteiger partial charge is 0.410 e. The van der Waals surface area contributed by atoms with E-state index in [1.165, 1.54) is 7.11 Å². The minimum absolute atomic E-state index is 0.107. The van der Waals surface area contributed by atoms with Crippen molar-refractivity contribution in [2.45, 2.75) is 64.5 Å². The summed E-state index contributed by atoms with van der Waals surface area (Å²) in [6, 6.07) is 5.22. The molecule has 2 amide bonds. The Balaban J connectivity index is 1.63. The average Bonchev–Trinajstić information content (AvgIpc) is 2.85. The van der Waals surface area contributed by atoms with Gasteiger partial charge in [-0.1, -0.05) is 0 Å². The van der Waals surface area contributed by atoms with Gasteiger partial charge in [0.25, 0.3) is 5.91 Å². The highest BCUT2D eigenvalue weighted by Gasteiger charge is 2.23. The number of carbonyl (C=O) groups is 2. The number of nitrogens with one attached hydrogen (secondary N) is 1. The third-order valence-electron chi connectivity index (χ3n) is 6.09. The summed E-state index contributed by atoms with van der Waals surface area (Å²) in [7, 11) is 1.54. The van der Waals surface area contributed by atoms with Crippen LogP contribution in [0.2, 0.25) is 0 Å². The molecule has 9 nitrogen and oxygen atoms in total. The van der Waals surface area contributed by atoms with Crippen LogP contribution in [-0.4, -0.2) is 86.5 Å². The summed E-state index contributed by atoms with van der Waals surface area (Å²) in [5, 5.41) is 3.12. The number of hydrogen-bond donors (Lipinski definition) is 2. The molecule has 2 rings (SSSR count). The van der Waals surface area contributed by atoms with Crippen LogP contribution in [0.4, 0.5) is 10.5 Å². The molecule has 1 aromatic carbocycles. The monoisotopic (exact) mass is 516 g/mol. The van der Waals surface area contributed by atoms with Gasteiger partial charge in [-0.3, -0.25) is 4.79 Å². The van der Waals surface area contributed by atoms with Crippen molar-refractivity contribution in [3.63, 3.8) is 0 Å². The molecule has 1 saturated heterocycles. The van der Waals surface area contributed by atoms with E-state index in [-0.39, 0.29) is 18.0 Å². The Morgan fingerprint density at radius 3 is 2.57 bits per heavy atom. The molecule has 0 unspecified atom stereocenters. The highest BCUT2D eigenvalue weighted by atomic mass is 16.6. The van der Waals surface area contributed by atoms with Crippen LogP contribution >= 0.6 is 0 Å². The predicted octanol–water partition coefficient (Wildman–Crippen LogP) is 3.53. The van der Waals surface area contributed by atoms with E-state index in [2.05, 4.69) is 16.1 Å². The molecule has 0 spiro atoms. The van der Waals surface area contributed by atoms with Gasteiger partial charge in [0.15, 0.2) is 0 Å². The van der Waals surface area contributed by atoms with Gasteiger partial charge in [-0.15, -0.1) is 12.3 Å². The number of terminal acetylenes is 1. The Labute approximate surface area is 222 Å². The topological polar surface area (TPSA) is 106 Å². The lowest BCUT2D eigenvalue weighted by Gasteiger charge is -2.32. The summed E-state index contributed by atoms with van der Waals surface area (Å²) in [5.74, 6) is 3.01. The van der Waals surface area contributed by atoms with Gasteiger partial charge in [0.1, 0.15) is 11.4 Å². The van der Waals surface area contributed by atoms with Crippen molar-refractivity contribution >= 4 is 17.7 Å². The number of nitrogens with zero attached hydrogens (tertiary/aromatic N) is 2. The standard InChI is InChI=1S/C28H44N4O5/c1-6-7-8-15-32(27(34)37-28(2,3)4)18-20-36-19-9-14-31-16-12-23(13-17-31)30-26(33)22-10-11-24(29)25(21-22)35-5/h1,10-11,21,23H,7-9,12-20,29H2,2-5H3,(H,30,33). The Bertz CT molecular complexity index is 901. The first-order valence-corrected chi connectivity index (χ1v) is 13.1. The number of benzene rings is 1. The van der Waals surface area contributed by atoms with Crippen molar-refractivity contribution in [1.29, 1.82) is 0 Å². The van der Waals surface area contributed by atoms with Gasteiger partial charge in [0.2, 0.25) is 0 Å². The van der Waals surface area contributed by atoms with Crippen molar-refractivity contribution in [1.82, 2.24) is 15.1 Å². The van der Waals surface area contributed by atoms with Gasteiger partial charge in [-0.2, -0.15) is 0 Å². The van der Waals surface area contributed by atoms with E-state index in [0.717, 1.165) is 45.3 Å². The fourth-order valence-electron chi connectivity index (χ4n) is 4.08. The van der Waals surface area contributed by atoms with Gasteiger partial charge in [0, 0.05) is 57.4 Å². The van der Waals surface area contributed by atoms with Gasteiger partial charge < -0.3 is 35.1 Å². The molecule has 0 aromatic heterocycles. The third kappa shape index (κ3) is 11.3. The van der Waals surface area contributed by atoms with E-state index in [4.69, 9.17) is 26.4 Å². The number of methoxy groups -OCH3 is 1. The molecule has 1 aliphatic heterocycles. The van der Waals surface area contributed by atoms with Crippen molar-refractivity contribution < 1.29 is 23.8 Å². The number of piperidine rings is 1. The molecular weight excluding hydrogens is 472 g/mol. The Kier molecular flexibility index (Phi) is 12.5. The van der Waals surface area contributed by atoms with Gasteiger partial charge in [0.05, 0.1) is 19.4 Å². The molecule has 1 heterocycles. The SMILES string of the molecule is C#CCCCN(CCOCCCN1CCC(NC(=O)c2ccc(N)c(OC)c2)CC1)C(=O)OC(C)(C)C. The van der Waals surface area contributed by atoms with Crippen LogP contribution in [0.1, 0.15) is 63.2 Å². The van der Waals surface area contributed by atoms with E-state index in [9.17, 15) is 9.59 Å². The van der Waals surface area contributed by atoms with Crippen LogP contribution in [0.25, 0.3) is 0 Å².